The lowest BCUT2D eigenvalue weighted by Crippen LogP contribution is -2.22. The van der Waals surface area contributed by atoms with Crippen LogP contribution in [0.4, 0.5) is 5.00 Å². The SMILES string of the molecule is CCC(C)CN(C)c1ccc(C=O)s1. The van der Waals surface area contributed by atoms with E-state index in [4.69, 9.17) is 0 Å². The number of carbonyl (C=O) groups excluding carboxylic acids is 1. The largest absolute Gasteiger partial charge is 0.366 e. The van der Waals surface area contributed by atoms with Crippen molar-refractivity contribution >= 4 is 22.6 Å². The van der Waals surface area contributed by atoms with Gasteiger partial charge in [-0.2, -0.15) is 0 Å². The molecule has 2 nitrogen and oxygen atoms in total. The summed E-state index contributed by atoms with van der Waals surface area (Å²) >= 11 is 1.55. The second kappa shape index (κ2) is 5.15. The predicted molar refractivity (Wildman–Crippen MR) is 62.4 cm³/mol. The smallest absolute Gasteiger partial charge is 0.160 e. The van der Waals surface area contributed by atoms with E-state index in [1.165, 1.54) is 11.4 Å². The highest BCUT2D eigenvalue weighted by Gasteiger charge is 2.07. The summed E-state index contributed by atoms with van der Waals surface area (Å²) in [4.78, 5) is 13.5. The summed E-state index contributed by atoms with van der Waals surface area (Å²) < 4.78 is 0. The fourth-order valence-electron chi connectivity index (χ4n) is 1.30. The zero-order valence-electron chi connectivity index (χ0n) is 8.99. The summed E-state index contributed by atoms with van der Waals surface area (Å²) in [6, 6.07) is 3.89. The van der Waals surface area contributed by atoms with E-state index in [9.17, 15) is 4.79 Å². The molecule has 0 saturated carbocycles. The molecule has 1 aromatic heterocycles. The van der Waals surface area contributed by atoms with Crippen LogP contribution in [-0.2, 0) is 0 Å². The van der Waals surface area contributed by atoms with Gasteiger partial charge in [0.05, 0.1) is 9.88 Å². The highest BCUT2D eigenvalue weighted by atomic mass is 32.1. The molecule has 0 aliphatic heterocycles. The van der Waals surface area contributed by atoms with Gasteiger partial charge in [-0.15, -0.1) is 11.3 Å². The van der Waals surface area contributed by atoms with Crippen LogP contribution in [0.1, 0.15) is 29.9 Å². The molecule has 0 spiro atoms. The highest BCUT2D eigenvalue weighted by Crippen LogP contribution is 2.24. The van der Waals surface area contributed by atoms with Gasteiger partial charge in [0.2, 0.25) is 0 Å². The summed E-state index contributed by atoms with van der Waals surface area (Å²) in [5.41, 5.74) is 0. The van der Waals surface area contributed by atoms with Crippen LogP contribution in [-0.4, -0.2) is 19.9 Å². The lowest BCUT2D eigenvalue weighted by atomic mass is 10.1. The van der Waals surface area contributed by atoms with E-state index in [0.29, 0.717) is 5.92 Å². The molecule has 0 aromatic carbocycles. The first kappa shape index (κ1) is 11.2. The van der Waals surface area contributed by atoms with E-state index in [2.05, 4.69) is 25.8 Å². The van der Waals surface area contributed by atoms with Crippen molar-refractivity contribution < 1.29 is 4.79 Å². The molecule has 1 aromatic rings. The molecule has 0 bridgehead atoms. The zero-order valence-corrected chi connectivity index (χ0v) is 9.80. The van der Waals surface area contributed by atoms with Gasteiger partial charge in [0.1, 0.15) is 0 Å². The number of carbonyl (C=O) groups is 1. The van der Waals surface area contributed by atoms with E-state index in [1.807, 2.05) is 12.1 Å². The minimum absolute atomic E-state index is 0.696. The molecule has 0 N–H and O–H groups in total. The Morgan fingerprint density at radius 1 is 1.57 bits per heavy atom. The van der Waals surface area contributed by atoms with Crippen LogP contribution in [0.5, 0.6) is 0 Å². The average molecular weight is 211 g/mol. The fraction of sp³-hybridized carbons (Fsp3) is 0.545. The summed E-state index contributed by atoms with van der Waals surface area (Å²) in [6.45, 7) is 5.49. The van der Waals surface area contributed by atoms with Crippen LogP contribution >= 0.6 is 11.3 Å². The predicted octanol–water partition coefficient (Wildman–Crippen LogP) is 3.04. The minimum atomic E-state index is 0.696. The molecule has 0 saturated heterocycles. The van der Waals surface area contributed by atoms with Crippen LogP contribution < -0.4 is 4.90 Å². The maximum absolute atomic E-state index is 10.5. The molecule has 14 heavy (non-hydrogen) atoms. The minimum Gasteiger partial charge on any atom is -0.366 e. The number of hydrogen-bond donors (Lipinski definition) is 0. The maximum atomic E-state index is 10.5. The fourth-order valence-corrected chi connectivity index (χ4v) is 2.09. The molecule has 0 aliphatic carbocycles. The van der Waals surface area contributed by atoms with Crippen molar-refractivity contribution in [3.05, 3.63) is 17.0 Å². The summed E-state index contributed by atoms with van der Waals surface area (Å²) in [5.74, 6) is 0.696. The van der Waals surface area contributed by atoms with Gasteiger partial charge in [-0.3, -0.25) is 4.79 Å². The Bertz CT molecular complexity index is 295. The maximum Gasteiger partial charge on any atom is 0.160 e. The summed E-state index contributed by atoms with van der Waals surface area (Å²) in [5, 5.41) is 1.17. The van der Waals surface area contributed by atoms with Gasteiger partial charge in [-0.05, 0) is 18.1 Å². The van der Waals surface area contributed by atoms with Crippen molar-refractivity contribution in [2.75, 3.05) is 18.5 Å². The van der Waals surface area contributed by atoms with Crippen LogP contribution in [0.2, 0.25) is 0 Å². The lowest BCUT2D eigenvalue weighted by molar-refractivity contribution is 0.112. The molecule has 0 fully saturated rings. The van der Waals surface area contributed by atoms with Crippen molar-refractivity contribution in [3.8, 4) is 0 Å². The molecule has 3 heteroatoms. The summed E-state index contributed by atoms with van der Waals surface area (Å²) in [6.07, 6.45) is 2.10. The number of rotatable bonds is 5. The van der Waals surface area contributed by atoms with E-state index in [-0.39, 0.29) is 0 Å². The third-order valence-corrected chi connectivity index (χ3v) is 3.51. The topological polar surface area (TPSA) is 20.3 Å². The lowest BCUT2D eigenvalue weighted by Gasteiger charge is -2.20. The van der Waals surface area contributed by atoms with Gasteiger partial charge in [0.25, 0.3) is 0 Å². The number of hydrogen-bond acceptors (Lipinski definition) is 3. The van der Waals surface area contributed by atoms with Gasteiger partial charge in [0, 0.05) is 13.6 Å². The second-order valence-corrected chi connectivity index (χ2v) is 4.78. The molecule has 1 atom stereocenters. The molecule has 0 radical (unpaired) electrons. The van der Waals surface area contributed by atoms with Gasteiger partial charge < -0.3 is 4.90 Å². The van der Waals surface area contributed by atoms with Crippen LogP contribution in [0.25, 0.3) is 0 Å². The Kier molecular flexibility index (Phi) is 4.14. The van der Waals surface area contributed by atoms with E-state index in [1.54, 1.807) is 11.3 Å². The number of thiophene rings is 1. The van der Waals surface area contributed by atoms with E-state index in [0.717, 1.165) is 17.7 Å². The van der Waals surface area contributed by atoms with E-state index >= 15 is 0 Å². The van der Waals surface area contributed by atoms with Crippen LogP contribution in [0.3, 0.4) is 0 Å². The van der Waals surface area contributed by atoms with Crippen molar-refractivity contribution in [2.24, 2.45) is 5.92 Å². The molecular formula is C11H17NOS. The molecule has 0 amide bonds. The first-order chi connectivity index (χ1) is 6.67. The third-order valence-electron chi connectivity index (χ3n) is 2.39. The zero-order chi connectivity index (χ0) is 10.6. The Hall–Kier alpha value is -0.830. The normalized spacial score (nSPS) is 12.5. The third kappa shape index (κ3) is 2.84. The molecule has 0 aliphatic rings. The van der Waals surface area contributed by atoms with Crippen molar-refractivity contribution in [3.63, 3.8) is 0 Å². The number of anilines is 1. The van der Waals surface area contributed by atoms with Crippen molar-refractivity contribution in [2.45, 2.75) is 20.3 Å². The Labute approximate surface area is 89.5 Å². The first-order valence-corrected chi connectivity index (χ1v) is 5.75. The van der Waals surface area contributed by atoms with Crippen LogP contribution in [0, 0.1) is 5.92 Å². The Morgan fingerprint density at radius 2 is 2.29 bits per heavy atom. The average Bonchev–Trinajstić information content (AvgIpc) is 2.65. The van der Waals surface area contributed by atoms with Crippen molar-refractivity contribution in [1.29, 1.82) is 0 Å². The number of nitrogens with zero attached hydrogens (tertiary/aromatic N) is 1. The molecule has 1 unspecified atom stereocenters. The molecule has 1 heterocycles. The standard InChI is InChI=1S/C11H17NOS/c1-4-9(2)7-12(3)11-6-5-10(8-13)14-11/h5-6,8-9H,4,7H2,1-3H3. The highest BCUT2D eigenvalue weighted by molar-refractivity contribution is 7.17. The van der Waals surface area contributed by atoms with Gasteiger partial charge >= 0.3 is 0 Å². The van der Waals surface area contributed by atoms with Gasteiger partial charge in [0.15, 0.2) is 6.29 Å². The van der Waals surface area contributed by atoms with Crippen molar-refractivity contribution in [1.82, 2.24) is 0 Å². The Morgan fingerprint density at radius 3 is 2.79 bits per heavy atom. The molecule has 1 rings (SSSR count). The van der Waals surface area contributed by atoms with E-state index < -0.39 is 0 Å². The monoisotopic (exact) mass is 211 g/mol. The second-order valence-electron chi connectivity index (χ2n) is 3.69. The van der Waals surface area contributed by atoms with Crippen LogP contribution in [0.15, 0.2) is 12.1 Å². The van der Waals surface area contributed by atoms with Gasteiger partial charge in [-0.25, -0.2) is 0 Å². The molecular weight excluding hydrogens is 194 g/mol. The number of aldehydes is 1. The first-order valence-electron chi connectivity index (χ1n) is 4.93. The summed E-state index contributed by atoms with van der Waals surface area (Å²) in [7, 11) is 2.08. The molecule has 78 valence electrons. The van der Waals surface area contributed by atoms with Gasteiger partial charge in [-0.1, -0.05) is 20.3 Å². The Balaban J connectivity index is 2.59. The quantitative estimate of drug-likeness (QED) is 0.698.